The lowest BCUT2D eigenvalue weighted by atomic mass is 9.93. The van der Waals surface area contributed by atoms with Crippen LogP contribution in [-0.4, -0.2) is 10.9 Å². The standard InChI is InChI=1S/C12H11Cl2NO/c13-10-2-1-7(4-11(10)14)12-5-8(12)3-9(6-12)15-16/h1-2,4,8,16H,3,5-6H2/b15-9+/t8-,12-/m1/s1. The summed E-state index contributed by atoms with van der Waals surface area (Å²) in [4.78, 5) is 0. The molecule has 4 heteroatoms. The second-order valence-corrected chi connectivity index (χ2v) is 5.55. The van der Waals surface area contributed by atoms with Gasteiger partial charge in [-0.05, 0) is 42.9 Å². The highest BCUT2D eigenvalue weighted by Crippen LogP contribution is 2.63. The fourth-order valence-corrected chi connectivity index (χ4v) is 3.22. The van der Waals surface area contributed by atoms with E-state index in [9.17, 15) is 0 Å². The average molecular weight is 256 g/mol. The van der Waals surface area contributed by atoms with Crippen LogP contribution in [-0.2, 0) is 5.41 Å². The van der Waals surface area contributed by atoms with Crippen molar-refractivity contribution >= 4 is 28.9 Å². The van der Waals surface area contributed by atoms with Gasteiger partial charge in [-0.2, -0.15) is 0 Å². The highest BCUT2D eigenvalue weighted by molar-refractivity contribution is 6.42. The summed E-state index contributed by atoms with van der Waals surface area (Å²) in [6.07, 6.45) is 2.94. The van der Waals surface area contributed by atoms with E-state index in [4.69, 9.17) is 28.4 Å². The summed E-state index contributed by atoms with van der Waals surface area (Å²) in [6.45, 7) is 0. The molecule has 2 fully saturated rings. The Balaban J connectivity index is 1.97. The molecule has 0 radical (unpaired) electrons. The Kier molecular flexibility index (Phi) is 2.20. The van der Waals surface area contributed by atoms with Crippen LogP contribution in [0.1, 0.15) is 24.8 Å². The van der Waals surface area contributed by atoms with E-state index in [0.29, 0.717) is 16.0 Å². The molecule has 2 aliphatic carbocycles. The molecule has 0 amide bonds. The van der Waals surface area contributed by atoms with Gasteiger partial charge in [-0.3, -0.25) is 0 Å². The van der Waals surface area contributed by atoms with Gasteiger partial charge in [0.25, 0.3) is 0 Å². The normalized spacial score (nSPS) is 34.1. The maximum Gasteiger partial charge on any atom is 0.0595 e. The number of rotatable bonds is 1. The molecule has 1 N–H and O–H groups in total. The van der Waals surface area contributed by atoms with Crippen LogP contribution in [0.2, 0.25) is 10.0 Å². The Hall–Kier alpha value is -0.730. The van der Waals surface area contributed by atoms with Crippen LogP contribution in [0.4, 0.5) is 0 Å². The number of benzene rings is 1. The molecule has 1 aromatic rings. The topological polar surface area (TPSA) is 32.6 Å². The lowest BCUT2D eigenvalue weighted by Gasteiger charge is -2.12. The SMILES string of the molecule is O/N=C1\C[C@@H]2C[C@]2(c2ccc(Cl)c(Cl)c2)C1. The Labute approximate surface area is 104 Å². The van der Waals surface area contributed by atoms with Gasteiger partial charge >= 0.3 is 0 Å². The van der Waals surface area contributed by atoms with Gasteiger partial charge in [0.1, 0.15) is 0 Å². The summed E-state index contributed by atoms with van der Waals surface area (Å²) < 4.78 is 0. The lowest BCUT2D eigenvalue weighted by molar-refractivity contribution is 0.316. The van der Waals surface area contributed by atoms with Gasteiger partial charge in [-0.1, -0.05) is 34.4 Å². The van der Waals surface area contributed by atoms with Crippen LogP contribution in [0.15, 0.2) is 23.4 Å². The Morgan fingerprint density at radius 3 is 2.75 bits per heavy atom. The van der Waals surface area contributed by atoms with Crippen molar-refractivity contribution in [1.29, 1.82) is 0 Å². The highest BCUT2D eigenvalue weighted by Gasteiger charge is 2.60. The quantitative estimate of drug-likeness (QED) is 0.600. The molecule has 3 rings (SSSR count). The maximum absolute atomic E-state index is 8.81. The number of oxime groups is 1. The Bertz CT molecular complexity index is 486. The molecule has 0 unspecified atom stereocenters. The summed E-state index contributed by atoms with van der Waals surface area (Å²) in [5.41, 5.74) is 2.31. The van der Waals surface area contributed by atoms with Crippen LogP contribution in [0.3, 0.4) is 0 Å². The van der Waals surface area contributed by atoms with Crippen molar-refractivity contribution < 1.29 is 5.21 Å². The van der Waals surface area contributed by atoms with Gasteiger partial charge in [-0.15, -0.1) is 0 Å². The fourth-order valence-electron chi connectivity index (χ4n) is 2.92. The molecule has 2 saturated carbocycles. The van der Waals surface area contributed by atoms with Crippen LogP contribution < -0.4 is 0 Å². The van der Waals surface area contributed by atoms with E-state index in [0.717, 1.165) is 18.6 Å². The first-order valence-corrected chi connectivity index (χ1v) is 6.06. The van der Waals surface area contributed by atoms with Gasteiger partial charge in [0.15, 0.2) is 0 Å². The van der Waals surface area contributed by atoms with Crippen molar-refractivity contribution in [2.75, 3.05) is 0 Å². The molecule has 0 aromatic heterocycles. The zero-order valence-electron chi connectivity index (χ0n) is 8.58. The van der Waals surface area contributed by atoms with Crippen molar-refractivity contribution in [3.63, 3.8) is 0 Å². The lowest BCUT2D eigenvalue weighted by Crippen LogP contribution is -2.07. The van der Waals surface area contributed by atoms with Crippen molar-refractivity contribution in [3.8, 4) is 0 Å². The molecular formula is C12H11Cl2NO. The number of hydrogen-bond donors (Lipinski definition) is 1. The molecule has 0 saturated heterocycles. The van der Waals surface area contributed by atoms with E-state index in [1.807, 2.05) is 18.2 Å². The molecule has 0 spiro atoms. The Morgan fingerprint density at radius 1 is 1.31 bits per heavy atom. The van der Waals surface area contributed by atoms with E-state index in [1.54, 1.807) is 0 Å². The zero-order chi connectivity index (χ0) is 11.3. The minimum atomic E-state index is 0.176. The summed E-state index contributed by atoms with van der Waals surface area (Å²) in [5, 5.41) is 13.3. The summed E-state index contributed by atoms with van der Waals surface area (Å²) in [5.74, 6) is 0.621. The van der Waals surface area contributed by atoms with Gasteiger partial charge in [-0.25, -0.2) is 0 Å². The molecule has 2 aliphatic rings. The smallest absolute Gasteiger partial charge is 0.0595 e. The van der Waals surface area contributed by atoms with E-state index < -0.39 is 0 Å². The third-order valence-corrected chi connectivity index (χ3v) is 4.61. The third-order valence-electron chi connectivity index (χ3n) is 3.87. The predicted molar refractivity (Wildman–Crippen MR) is 64.7 cm³/mol. The minimum absolute atomic E-state index is 0.176. The molecule has 16 heavy (non-hydrogen) atoms. The van der Waals surface area contributed by atoms with Crippen LogP contribution in [0.5, 0.6) is 0 Å². The molecule has 2 atom stereocenters. The monoisotopic (exact) mass is 255 g/mol. The summed E-state index contributed by atoms with van der Waals surface area (Å²) in [6, 6.07) is 5.83. The first-order chi connectivity index (χ1) is 7.65. The molecule has 1 aromatic carbocycles. The van der Waals surface area contributed by atoms with E-state index in [2.05, 4.69) is 5.16 Å². The third kappa shape index (κ3) is 1.36. The second-order valence-electron chi connectivity index (χ2n) is 4.73. The van der Waals surface area contributed by atoms with Crippen LogP contribution in [0.25, 0.3) is 0 Å². The van der Waals surface area contributed by atoms with E-state index >= 15 is 0 Å². The molecule has 0 aliphatic heterocycles. The molecule has 0 heterocycles. The minimum Gasteiger partial charge on any atom is -0.411 e. The molecule has 84 valence electrons. The second kappa shape index (κ2) is 3.38. The number of fused-ring (bicyclic) bond motifs is 1. The Morgan fingerprint density at radius 2 is 2.12 bits per heavy atom. The number of halogens is 2. The average Bonchev–Trinajstić information content (AvgIpc) is 2.86. The number of nitrogens with zero attached hydrogens (tertiary/aromatic N) is 1. The maximum atomic E-state index is 8.81. The van der Waals surface area contributed by atoms with Gasteiger partial charge in [0.05, 0.1) is 15.8 Å². The highest BCUT2D eigenvalue weighted by atomic mass is 35.5. The first-order valence-electron chi connectivity index (χ1n) is 5.31. The first kappa shape index (κ1) is 10.4. The van der Waals surface area contributed by atoms with Gasteiger partial charge in [0, 0.05) is 5.41 Å². The van der Waals surface area contributed by atoms with E-state index in [-0.39, 0.29) is 5.41 Å². The zero-order valence-corrected chi connectivity index (χ0v) is 10.1. The van der Waals surface area contributed by atoms with Crippen LogP contribution in [0, 0.1) is 5.92 Å². The van der Waals surface area contributed by atoms with Crippen molar-refractivity contribution in [3.05, 3.63) is 33.8 Å². The van der Waals surface area contributed by atoms with Crippen molar-refractivity contribution in [1.82, 2.24) is 0 Å². The van der Waals surface area contributed by atoms with E-state index in [1.165, 1.54) is 12.0 Å². The largest absolute Gasteiger partial charge is 0.411 e. The van der Waals surface area contributed by atoms with Gasteiger partial charge < -0.3 is 5.21 Å². The van der Waals surface area contributed by atoms with Crippen molar-refractivity contribution in [2.45, 2.75) is 24.7 Å². The molecule has 0 bridgehead atoms. The number of hydrogen-bond acceptors (Lipinski definition) is 2. The molecule has 2 nitrogen and oxygen atoms in total. The van der Waals surface area contributed by atoms with Crippen molar-refractivity contribution in [2.24, 2.45) is 11.1 Å². The van der Waals surface area contributed by atoms with Gasteiger partial charge in [0.2, 0.25) is 0 Å². The summed E-state index contributed by atoms with van der Waals surface area (Å²) >= 11 is 11.9. The molecular weight excluding hydrogens is 245 g/mol. The fraction of sp³-hybridized carbons (Fsp3) is 0.417. The van der Waals surface area contributed by atoms with Crippen LogP contribution >= 0.6 is 23.2 Å². The summed E-state index contributed by atoms with van der Waals surface area (Å²) in [7, 11) is 0. The predicted octanol–water partition coefficient (Wildman–Crippen LogP) is 3.88.